The van der Waals surface area contributed by atoms with Crippen molar-refractivity contribution in [2.24, 2.45) is 0 Å². The van der Waals surface area contributed by atoms with Gasteiger partial charge in [-0.15, -0.1) is 0 Å². The van der Waals surface area contributed by atoms with E-state index in [0.29, 0.717) is 6.54 Å². The van der Waals surface area contributed by atoms with Crippen molar-refractivity contribution in [2.75, 3.05) is 18.1 Å². The first-order chi connectivity index (χ1) is 9.56. The molecule has 110 valence electrons. The van der Waals surface area contributed by atoms with Gasteiger partial charge in [0.2, 0.25) is 0 Å². The highest BCUT2D eigenvalue weighted by Crippen LogP contribution is 2.24. The lowest BCUT2D eigenvalue weighted by molar-refractivity contribution is -0.138. The monoisotopic (exact) mass is 301 g/mol. The van der Waals surface area contributed by atoms with E-state index < -0.39 is 12.4 Å². The Morgan fingerprint density at radius 2 is 2.30 bits per heavy atom. The SMILES string of the molecule is O=C(O)CC1CSCCN1Cc1cccc(C(F)F)c1. The maximum Gasteiger partial charge on any atom is 0.304 e. The third kappa shape index (κ3) is 4.18. The van der Waals surface area contributed by atoms with Crippen LogP contribution in [0.2, 0.25) is 0 Å². The summed E-state index contributed by atoms with van der Waals surface area (Å²) in [5, 5.41) is 8.93. The predicted octanol–water partition coefficient (Wildman–Crippen LogP) is 3.02. The number of carbonyl (C=O) groups is 1. The molecule has 1 atom stereocenters. The summed E-state index contributed by atoms with van der Waals surface area (Å²) in [6, 6.07) is 6.33. The average molecular weight is 301 g/mol. The Hall–Kier alpha value is -1.14. The summed E-state index contributed by atoms with van der Waals surface area (Å²) in [5.74, 6) is 0.912. The molecule has 0 bridgehead atoms. The maximum atomic E-state index is 12.7. The molecule has 6 heteroatoms. The largest absolute Gasteiger partial charge is 0.481 e. The van der Waals surface area contributed by atoms with Gasteiger partial charge in [-0.1, -0.05) is 18.2 Å². The molecule has 3 nitrogen and oxygen atoms in total. The van der Waals surface area contributed by atoms with Gasteiger partial charge < -0.3 is 5.11 Å². The topological polar surface area (TPSA) is 40.5 Å². The van der Waals surface area contributed by atoms with Gasteiger partial charge in [0, 0.05) is 36.2 Å². The van der Waals surface area contributed by atoms with Crippen LogP contribution in [-0.2, 0) is 11.3 Å². The lowest BCUT2D eigenvalue weighted by Gasteiger charge is -2.34. The van der Waals surface area contributed by atoms with E-state index in [1.54, 1.807) is 17.8 Å². The highest BCUT2D eigenvalue weighted by Gasteiger charge is 2.25. The standard InChI is InChI=1S/C14H17F2NO2S/c15-14(16)11-3-1-2-10(6-11)8-17-4-5-20-9-12(17)7-13(18)19/h1-3,6,12,14H,4-5,7-9H2,(H,18,19). The van der Waals surface area contributed by atoms with Gasteiger partial charge in [-0.25, -0.2) is 8.78 Å². The van der Waals surface area contributed by atoms with Gasteiger partial charge >= 0.3 is 5.97 Å². The highest BCUT2D eigenvalue weighted by molar-refractivity contribution is 7.99. The van der Waals surface area contributed by atoms with Crippen molar-refractivity contribution in [1.29, 1.82) is 0 Å². The zero-order valence-corrected chi connectivity index (χ0v) is 11.8. The summed E-state index contributed by atoms with van der Waals surface area (Å²) < 4.78 is 25.4. The number of alkyl halides is 2. The first-order valence-corrected chi connectivity index (χ1v) is 7.62. The molecule has 2 rings (SSSR count). The molecule has 0 spiro atoms. The van der Waals surface area contributed by atoms with Gasteiger partial charge in [-0.3, -0.25) is 9.69 Å². The molecule has 0 aromatic heterocycles. The molecule has 0 saturated carbocycles. The number of halogens is 2. The molecule has 1 fully saturated rings. The van der Waals surface area contributed by atoms with E-state index in [4.69, 9.17) is 5.11 Å². The van der Waals surface area contributed by atoms with E-state index in [9.17, 15) is 13.6 Å². The molecular formula is C14H17F2NO2S. The van der Waals surface area contributed by atoms with E-state index in [1.807, 2.05) is 6.07 Å². The van der Waals surface area contributed by atoms with Crippen molar-refractivity contribution < 1.29 is 18.7 Å². The number of aliphatic carboxylic acids is 1. The smallest absolute Gasteiger partial charge is 0.304 e. The van der Waals surface area contributed by atoms with Crippen LogP contribution in [-0.4, -0.2) is 40.1 Å². The number of hydrogen-bond acceptors (Lipinski definition) is 3. The number of carboxylic acid groups (broad SMARTS) is 1. The number of thioether (sulfide) groups is 1. The van der Waals surface area contributed by atoms with Gasteiger partial charge in [0.05, 0.1) is 6.42 Å². The molecule has 1 aliphatic heterocycles. The minimum atomic E-state index is -2.47. The fourth-order valence-electron chi connectivity index (χ4n) is 2.35. The van der Waals surface area contributed by atoms with Gasteiger partial charge in [0.15, 0.2) is 0 Å². The quantitative estimate of drug-likeness (QED) is 0.907. The third-order valence-corrected chi connectivity index (χ3v) is 4.44. The van der Waals surface area contributed by atoms with Gasteiger partial charge in [0.1, 0.15) is 0 Å². The van der Waals surface area contributed by atoms with Crippen LogP contribution in [0.4, 0.5) is 8.78 Å². The van der Waals surface area contributed by atoms with Gasteiger partial charge in [0.25, 0.3) is 6.43 Å². The molecule has 1 heterocycles. The second-order valence-electron chi connectivity index (χ2n) is 4.84. The minimum absolute atomic E-state index is 0.0173. The zero-order valence-electron chi connectivity index (χ0n) is 11.0. The summed E-state index contributed by atoms with van der Waals surface area (Å²) in [4.78, 5) is 13.0. The van der Waals surface area contributed by atoms with E-state index in [0.717, 1.165) is 23.6 Å². The molecule has 0 radical (unpaired) electrons. The van der Waals surface area contributed by atoms with E-state index in [-0.39, 0.29) is 18.0 Å². The molecular weight excluding hydrogens is 284 g/mol. The van der Waals surface area contributed by atoms with Crippen LogP contribution in [0.1, 0.15) is 24.0 Å². The predicted molar refractivity (Wildman–Crippen MR) is 75.2 cm³/mol. The lowest BCUT2D eigenvalue weighted by Crippen LogP contribution is -2.42. The lowest BCUT2D eigenvalue weighted by atomic mass is 10.1. The third-order valence-electron chi connectivity index (χ3n) is 3.35. The van der Waals surface area contributed by atoms with Crippen LogP contribution >= 0.6 is 11.8 Å². The molecule has 1 aromatic rings. The van der Waals surface area contributed by atoms with Crippen LogP contribution in [0.25, 0.3) is 0 Å². The second kappa shape index (κ2) is 7.04. The first kappa shape index (κ1) is 15.3. The van der Waals surface area contributed by atoms with Crippen LogP contribution in [0.15, 0.2) is 24.3 Å². The summed E-state index contributed by atoms with van der Waals surface area (Å²) >= 11 is 1.74. The van der Waals surface area contributed by atoms with Crippen molar-refractivity contribution in [1.82, 2.24) is 4.90 Å². The number of carboxylic acids is 1. The summed E-state index contributed by atoms with van der Waals surface area (Å²) in [6.45, 7) is 1.32. The summed E-state index contributed by atoms with van der Waals surface area (Å²) in [5.41, 5.74) is 0.828. The zero-order chi connectivity index (χ0) is 14.5. The van der Waals surface area contributed by atoms with Gasteiger partial charge in [-0.2, -0.15) is 11.8 Å². The molecule has 1 N–H and O–H groups in total. The Kier molecular flexibility index (Phi) is 5.37. The first-order valence-electron chi connectivity index (χ1n) is 6.47. The molecule has 0 amide bonds. The normalized spacial score (nSPS) is 20.2. The van der Waals surface area contributed by atoms with E-state index >= 15 is 0 Å². The fourth-order valence-corrected chi connectivity index (χ4v) is 3.48. The van der Waals surface area contributed by atoms with Crippen LogP contribution in [0.5, 0.6) is 0 Å². The van der Waals surface area contributed by atoms with E-state index in [2.05, 4.69) is 4.90 Å². The fraction of sp³-hybridized carbons (Fsp3) is 0.500. The van der Waals surface area contributed by atoms with Crippen molar-refractivity contribution in [2.45, 2.75) is 25.4 Å². The van der Waals surface area contributed by atoms with Crippen molar-refractivity contribution in [3.63, 3.8) is 0 Å². The number of benzene rings is 1. The number of nitrogens with zero attached hydrogens (tertiary/aromatic N) is 1. The maximum absolute atomic E-state index is 12.7. The highest BCUT2D eigenvalue weighted by atomic mass is 32.2. The summed E-state index contributed by atoms with van der Waals surface area (Å²) in [7, 11) is 0. The second-order valence-corrected chi connectivity index (χ2v) is 5.99. The molecule has 1 aromatic carbocycles. The number of rotatable bonds is 5. The Bertz CT molecular complexity index is 470. The Labute approximate surface area is 121 Å². The molecule has 1 unspecified atom stereocenters. The average Bonchev–Trinajstić information content (AvgIpc) is 2.41. The molecule has 1 saturated heterocycles. The van der Waals surface area contributed by atoms with Crippen LogP contribution in [0.3, 0.4) is 0 Å². The molecule has 1 aliphatic rings. The van der Waals surface area contributed by atoms with Crippen LogP contribution in [0, 0.1) is 0 Å². The van der Waals surface area contributed by atoms with Crippen LogP contribution < -0.4 is 0 Å². The van der Waals surface area contributed by atoms with E-state index in [1.165, 1.54) is 12.1 Å². The Morgan fingerprint density at radius 1 is 1.50 bits per heavy atom. The summed E-state index contributed by atoms with van der Waals surface area (Å²) in [6.07, 6.45) is -2.37. The Balaban J connectivity index is 2.06. The molecule has 0 aliphatic carbocycles. The number of hydrogen-bond donors (Lipinski definition) is 1. The molecule has 20 heavy (non-hydrogen) atoms. The van der Waals surface area contributed by atoms with Crippen molar-refractivity contribution >= 4 is 17.7 Å². The Morgan fingerprint density at radius 3 is 3.00 bits per heavy atom. The van der Waals surface area contributed by atoms with Gasteiger partial charge in [-0.05, 0) is 11.6 Å². The van der Waals surface area contributed by atoms with Crippen molar-refractivity contribution in [3.8, 4) is 0 Å². The minimum Gasteiger partial charge on any atom is -0.481 e. The van der Waals surface area contributed by atoms with Crippen molar-refractivity contribution in [3.05, 3.63) is 35.4 Å².